The normalized spacial score (nSPS) is 23.2. The fourth-order valence-corrected chi connectivity index (χ4v) is 6.01. The van der Waals surface area contributed by atoms with Crippen LogP contribution >= 0.6 is 0 Å². The van der Waals surface area contributed by atoms with Gasteiger partial charge in [0.15, 0.2) is 0 Å². The van der Waals surface area contributed by atoms with Crippen molar-refractivity contribution in [1.29, 1.82) is 0 Å². The molecule has 2 atom stereocenters. The third kappa shape index (κ3) is 4.48. The van der Waals surface area contributed by atoms with Gasteiger partial charge in [-0.25, -0.2) is 0 Å². The second-order valence-corrected chi connectivity index (χ2v) is 9.88. The third-order valence-corrected chi connectivity index (χ3v) is 7.89. The Hall–Kier alpha value is -2.38. The zero-order valence-corrected chi connectivity index (χ0v) is 19.2. The predicted molar refractivity (Wildman–Crippen MR) is 124 cm³/mol. The van der Waals surface area contributed by atoms with Crippen molar-refractivity contribution in [3.8, 4) is 11.1 Å². The molecule has 2 heterocycles. The van der Waals surface area contributed by atoms with Gasteiger partial charge >= 0.3 is 6.18 Å². The molecular formula is C27H31F3N2O2. The first-order chi connectivity index (χ1) is 16.3. The molecule has 1 amide bonds. The molecule has 2 aliphatic heterocycles. The monoisotopic (exact) mass is 472 g/mol. The van der Waals surface area contributed by atoms with E-state index in [-0.39, 0.29) is 24.5 Å². The summed E-state index contributed by atoms with van der Waals surface area (Å²) < 4.78 is 38.8. The van der Waals surface area contributed by atoms with Gasteiger partial charge in [0.25, 0.3) is 0 Å². The smallest absolute Gasteiger partial charge is 0.396 e. The maximum atomic E-state index is 13.5. The Balaban J connectivity index is 1.33. The number of aliphatic hydroxyl groups excluding tert-OH is 1. The van der Waals surface area contributed by atoms with Crippen LogP contribution in [0.5, 0.6) is 0 Å². The lowest BCUT2D eigenvalue weighted by Gasteiger charge is -2.39. The van der Waals surface area contributed by atoms with Gasteiger partial charge in [0, 0.05) is 25.6 Å². The van der Waals surface area contributed by atoms with Crippen molar-refractivity contribution in [1.82, 2.24) is 9.80 Å². The Kier molecular flexibility index (Phi) is 6.42. The molecule has 0 spiro atoms. The lowest BCUT2D eigenvalue weighted by Crippen LogP contribution is -2.45. The molecule has 2 fully saturated rings. The topological polar surface area (TPSA) is 43.8 Å². The molecule has 182 valence electrons. The van der Waals surface area contributed by atoms with Crippen LogP contribution in [0.15, 0.2) is 42.5 Å². The Morgan fingerprint density at radius 3 is 2.32 bits per heavy atom. The zero-order chi connectivity index (χ0) is 23.9. The standard InChI is InChI=1S/C27H31F3N2O2/c28-27(29,30)22-5-2-18(3-6-22)20-4-7-23-21-10-14-32(25(17-21)24(23)16-20)26(34)19-8-12-31(13-9-19)11-1-15-33/h2-7,16,19,21,25,33H,1,8-15,17H2. The SMILES string of the molecule is O=C(C1CCN(CCCO)CC1)N1CCC2CC1c1cc(-c3ccc(C(F)(F)F)cc3)ccc12. The van der Waals surface area contributed by atoms with E-state index in [0.717, 1.165) is 87.1 Å². The average Bonchev–Trinajstić information content (AvgIpc) is 3.13. The molecule has 2 bridgehead atoms. The number of halogens is 3. The molecule has 7 heteroatoms. The number of nitrogens with zero attached hydrogens (tertiary/aromatic N) is 2. The van der Waals surface area contributed by atoms with Crippen molar-refractivity contribution in [3.63, 3.8) is 0 Å². The molecule has 2 aromatic carbocycles. The highest BCUT2D eigenvalue weighted by Crippen LogP contribution is 2.50. The van der Waals surface area contributed by atoms with Crippen LogP contribution in [0.4, 0.5) is 13.2 Å². The maximum absolute atomic E-state index is 13.5. The van der Waals surface area contributed by atoms with E-state index in [1.54, 1.807) is 0 Å². The van der Waals surface area contributed by atoms with Gasteiger partial charge in [-0.15, -0.1) is 0 Å². The van der Waals surface area contributed by atoms with E-state index in [9.17, 15) is 18.0 Å². The lowest BCUT2D eigenvalue weighted by molar-refractivity contribution is -0.141. The van der Waals surface area contributed by atoms with Gasteiger partial charge in [0.2, 0.25) is 5.91 Å². The van der Waals surface area contributed by atoms with E-state index in [0.29, 0.717) is 5.92 Å². The number of aliphatic hydroxyl groups is 1. The molecule has 34 heavy (non-hydrogen) atoms. The number of benzene rings is 2. The number of carbonyl (C=O) groups is 1. The Morgan fingerprint density at radius 1 is 0.941 bits per heavy atom. The van der Waals surface area contributed by atoms with Gasteiger partial charge in [-0.05, 0) is 91.6 Å². The van der Waals surface area contributed by atoms with Gasteiger partial charge in [-0.2, -0.15) is 13.2 Å². The summed E-state index contributed by atoms with van der Waals surface area (Å²) in [6.07, 6.45) is 0.0391. The van der Waals surface area contributed by atoms with Crippen molar-refractivity contribution in [2.24, 2.45) is 5.92 Å². The van der Waals surface area contributed by atoms with Gasteiger partial charge in [-0.3, -0.25) is 4.79 Å². The fourth-order valence-electron chi connectivity index (χ4n) is 6.01. The molecule has 4 nitrogen and oxygen atoms in total. The summed E-state index contributed by atoms with van der Waals surface area (Å²) in [6.45, 7) is 3.64. The summed E-state index contributed by atoms with van der Waals surface area (Å²) in [5.74, 6) is 0.744. The number of alkyl halides is 3. The summed E-state index contributed by atoms with van der Waals surface area (Å²) in [7, 11) is 0. The van der Waals surface area contributed by atoms with Crippen molar-refractivity contribution in [2.45, 2.75) is 50.2 Å². The average molecular weight is 473 g/mol. The van der Waals surface area contributed by atoms with Gasteiger partial charge in [0.05, 0.1) is 11.6 Å². The van der Waals surface area contributed by atoms with Crippen LogP contribution < -0.4 is 0 Å². The molecule has 3 aliphatic rings. The summed E-state index contributed by atoms with van der Waals surface area (Å²) >= 11 is 0. The van der Waals surface area contributed by atoms with Crippen LogP contribution in [0.25, 0.3) is 11.1 Å². The summed E-state index contributed by atoms with van der Waals surface area (Å²) in [4.78, 5) is 17.9. The minimum absolute atomic E-state index is 0.0454. The van der Waals surface area contributed by atoms with Crippen molar-refractivity contribution >= 4 is 5.91 Å². The first-order valence-electron chi connectivity index (χ1n) is 12.3. The molecule has 1 aliphatic carbocycles. The van der Waals surface area contributed by atoms with Crippen molar-refractivity contribution < 1.29 is 23.1 Å². The molecule has 0 radical (unpaired) electrons. The van der Waals surface area contributed by atoms with Crippen LogP contribution in [-0.2, 0) is 11.0 Å². The molecule has 2 unspecified atom stereocenters. The molecule has 1 N–H and O–H groups in total. The first kappa shape index (κ1) is 23.4. The van der Waals surface area contributed by atoms with E-state index in [1.165, 1.54) is 17.7 Å². The zero-order valence-electron chi connectivity index (χ0n) is 19.2. The number of hydrogen-bond donors (Lipinski definition) is 1. The number of amides is 1. The number of rotatable bonds is 5. The predicted octanol–water partition coefficient (Wildman–Crippen LogP) is 5.23. The van der Waals surface area contributed by atoms with Crippen LogP contribution in [-0.4, -0.2) is 53.6 Å². The van der Waals surface area contributed by atoms with E-state index in [4.69, 9.17) is 5.11 Å². The lowest BCUT2D eigenvalue weighted by atomic mass is 9.91. The van der Waals surface area contributed by atoms with E-state index in [1.807, 2.05) is 6.07 Å². The molecule has 2 saturated heterocycles. The maximum Gasteiger partial charge on any atom is 0.416 e. The summed E-state index contributed by atoms with van der Waals surface area (Å²) in [6, 6.07) is 11.6. The number of carbonyl (C=O) groups excluding carboxylic acids is 1. The van der Waals surface area contributed by atoms with Gasteiger partial charge in [0.1, 0.15) is 0 Å². The molecule has 0 aromatic heterocycles. The minimum atomic E-state index is -4.34. The second-order valence-electron chi connectivity index (χ2n) is 9.88. The molecule has 0 saturated carbocycles. The summed E-state index contributed by atoms with van der Waals surface area (Å²) in [5, 5.41) is 9.05. The van der Waals surface area contributed by atoms with Gasteiger partial charge < -0.3 is 14.9 Å². The van der Waals surface area contributed by atoms with Crippen LogP contribution in [0, 0.1) is 5.92 Å². The van der Waals surface area contributed by atoms with Gasteiger partial charge in [-0.1, -0.05) is 24.3 Å². The largest absolute Gasteiger partial charge is 0.416 e. The highest BCUT2D eigenvalue weighted by atomic mass is 19.4. The molecular weight excluding hydrogens is 441 g/mol. The Bertz CT molecular complexity index is 1030. The Labute approximate surface area is 198 Å². The minimum Gasteiger partial charge on any atom is -0.396 e. The number of likely N-dealkylation sites (tertiary alicyclic amines) is 2. The number of fused-ring (bicyclic) bond motifs is 5. The van der Waals surface area contributed by atoms with E-state index in [2.05, 4.69) is 21.9 Å². The van der Waals surface area contributed by atoms with Crippen LogP contribution in [0.2, 0.25) is 0 Å². The third-order valence-electron chi connectivity index (χ3n) is 7.89. The van der Waals surface area contributed by atoms with Crippen LogP contribution in [0.1, 0.15) is 60.8 Å². The van der Waals surface area contributed by atoms with E-state index < -0.39 is 11.7 Å². The quantitative estimate of drug-likeness (QED) is 0.648. The van der Waals surface area contributed by atoms with Crippen LogP contribution in [0.3, 0.4) is 0 Å². The van der Waals surface area contributed by atoms with Crippen molar-refractivity contribution in [3.05, 3.63) is 59.2 Å². The second kappa shape index (κ2) is 9.34. The molecule has 2 aromatic rings. The molecule has 5 rings (SSSR count). The number of hydrogen-bond acceptors (Lipinski definition) is 3. The van der Waals surface area contributed by atoms with E-state index >= 15 is 0 Å². The highest BCUT2D eigenvalue weighted by molar-refractivity contribution is 5.80. The summed E-state index contributed by atoms with van der Waals surface area (Å²) in [5.41, 5.74) is 3.45. The fraction of sp³-hybridized carbons (Fsp3) is 0.519. The Morgan fingerprint density at radius 2 is 1.65 bits per heavy atom. The number of piperidine rings is 2. The van der Waals surface area contributed by atoms with Crippen molar-refractivity contribution in [2.75, 3.05) is 32.8 Å². The first-order valence-corrected chi connectivity index (χ1v) is 12.3. The highest BCUT2D eigenvalue weighted by Gasteiger charge is 2.42.